The maximum absolute atomic E-state index is 2.16. The lowest BCUT2D eigenvalue weighted by atomic mass is 10.1. The minimum Gasteiger partial charge on any atom is -0.0623 e. The third kappa shape index (κ3) is 7.44. The highest BCUT2D eigenvalue weighted by Crippen LogP contribution is 2.09. The lowest BCUT2D eigenvalue weighted by Crippen LogP contribution is -1.82. The molecular formula is C22H26. The fraction of sp³-hybridized carbons (Fsp3) is 0.182. The number of aryl methyl sites for hydroxylation is 3. The lowest BCUT2D eigenvalue weighted by Gasteiger charge is -2.00. The molecule has 0 unspecified atom stereocenters. The Labute approximate surface area is 135 Å². The van der Waals surface area contributed by atoms with Gasteiger partial charge in [0.05, 0.1) is 0 Å². The highest BCUT2D eigenvalue weighted by atomic mass is 14.0. The van der Waals surface area contributed by atoms with Crippen LogP contribution in [0.1, 0.15) is 22.3 Å². The number of rotatable bonds is 0. The van der Waals surface area contributed by atoms with Crippen molar-refractivity contribution in [1.82, 2.24) is 0 Å². The zero-order valence-electron chi connectivity index (χ0n) is 14.1. The molecule has 0 saturated carbocycles. The molecule has 0 amide bonds. The van der Waals surface area contributed by atoms with Crippen molar-refractivity contribution < 1.29 is 0 Å². The lowest BCUT2D eigenvalue weighted by molar-refractivity contribution is 1.27. The molecule has 0 aliphatic rings. The van der Waals surface area contributed by atoms with Gasteiger partial charge in [0, 0.05) is 0 Å². The first-order chi connectivity index (χ1) is 10.6. The summed E-state index contributed by atoms with van der Waals surface area (Å²) in [6.45, 7) is 8.52. The number of hydrogen-bond donors (Lipinski definition) is 0. The topological polar surface area (TPSA) is 0 Å². The molecule has 22 heavy (non-hydrogen) atoms. The van der Waals surface area contributed by atoms with E-state index in [-0.39, 0.29) is 0 Å². The maximum atomic E-state index is 2.16. The van der Waals surface area contributed by atoms with Crippen LogP contribution in [-0.4, -0.2) is 0 Å². The van der Waals surface area contributed by atoms with Crippen LogP contribution >= 0.6 is 0 Å². The van der Waals surface area contributed by atoms with Gasteiger partial charge in [-0.05, 0) is 44.4 Å². The molecule has 0 saturated heterocycles. The molecule has 0 heterocycles. The van der Waals surface area contributed by atoms with Gasteiger partial charge >= 0.3 is 0 Å². The molecule has 0 N–H and O–H groups in total. The summed E-state index contributed by atoms with van der Waals surface area (Å²) in [6, 6.07) is 28.6. The highest BCUT2D eigenvalue weighted by Gasteiger charge is 1.91. The van der Waals surface area contributed by atoms with Crippen molar-refractivity contribution in [3.63, 3.8) is 0 Å². The van der Waals surface area contributed by atoms with Crippen LogP contribution < -0.4 is 0 Å². The fourth-order valence-electron chi connectivity index (χ4n) is 1.82. The summed E-state index contributed by atoms with van der Waals surface area (Å²) >= 11 is 0. The van der Waals surface area contributed by atoms with Crippen molar-refractivity contribution in [2.45, 2.75) is 27.7 Å². The van der Waals surface area contributed by atoms with Crippen LogP contribution in [0.4, 0.5) is 0 Å². The van der Waals surface area contributed by atoms with Crippen molar-refractivity contribution in [3.05, 3.63) is 107 Å². The van der Waals surface area contributed by atoms with Crippen LogP contribution in [0.3, 0.4) is 0 Å². The highest BCUT2D eigenvalue weighted by molar-refractivity contribution is 5.31. The van der Waals surface area contributed by atoms with Gasteiger partial charge in [-0.2, -0.15) is 0 Å². The summed E-state index contributed by atoms with van der Waals surface area (Å²) in [7, 11) is 0. The Kier molecular flexibility index (Phi) is 8.37. The van der Waals surface area contributed by atoms with Crippen molar-refractivity contribution >= 4 is 0 Å². The molecule has 0 bridgehead atoms. The zero-order valence-corrected chi connectivity index (χ0v) is 14.1. The van der Waals surface area contributed by atoms with E-state index in [9.17, 15) is 0 Å². The van der Waals surface area contributed by atoms with Crippen molar-refractivity contribution in [2.24, 2.45) is 0 Å². The predicted molar refractivity (Wildman–Crippen MR) is 98.3 cm³/mol. The van der Waals surface area contributed by atoms with Gasteiger partial charge in [-0.15, -0.1) is 0 Å². The Morgan fingerprint density at radius 3 is 1.05 bits per heavy atom. The van der Waals surface area contributed by atoms with E-state index < -0.39 is 0 Å². The summed E-state index contributed by atoms with van der Waals surface area (Å²) in [6.07, 6.45) is 0. The molecular weight excluding hydrogens is 264 g/mol. The molecule has 3 aromatic rings. The third-order valence-corrected chi connectivity index (χ3v) is 3.48. The van der Waals surface area contributed by atoms with Crippen molar-refractivity contribution in [1.29, 1.82) is 0 Å². The fourth-order valence-corrected chi connectivity index (χ4v) is 1.82. The second-order valence-electron chi connectivity index (χ2n) is 5.33. The quantitative estimate of drug-likeness (QED) is 0.456. The molecule has 0 atom stereocenters. The first-order valence-corrected chi connectivity index (χ1v) is 7.65. The largest absolute Gasteiger partial charge is 0.0623 e. The van der Waals surface area contributed by atoms with Gasteiger partial charge in [0.2, 0.25) is 0 Å². The van der Waals surface area contributed by atoms with Gasteiger partial charge < -0.3 is 0 Å². The molecule has 3 aromatic carbocycles. The second-order valence-corrected chi connectivity index (χ2v) is 5.33. The molecule has 0 aromatic heterocycles. The Morgan fingerprint density at radius 1 is 0.409 bits per heavy atom. The van der Waals surface area contributed by atoms with E-state index in [1.807, 2.05) is 54.6 Å². The predicted octanol–water partition coefficient (Wildman–Crippen LogP) is 6.29. The first-order valence-electron chi connectivity index (χ1n) is 7.65. The van der Waals surface area contributed by atoms with Crippen LogP contribution in [0.2, 0.25) is 0 Å². The van der Waals surface area contributed by atoms with Gasteiger partial charge in [0.1, 0.15) is 0 Å². The third-order valence-electron chi connectivity index (χ3n) is 3.48. The normalized spacial score (nSPS) is 8.91. The first kappa shape index (κ1) is 17.7. The summed E-state index contributed by atoms with van der Waals surface area (Å²) in [5, 5.41) is 0. The van der Waals surface area contributed by atoms with Gasteiger partial charge in [0.25, 0.3) is 0 Å². The Bertz CT molecular complexity index is 578. The van der Waals surface area contributed by atoms with E-state index in [1.165, 1.54) is 22.3 Å². The second kappa shape index (κ2) is 10.4. The van der Waals surface area contributed by atoms with Crippen molar-refractivity contribution in [2.75, 3.05) is 0 Å². The average molecular weight is 290 g/mol. The monoisotopic (exact) mass is 290 g/mol. The van der Waals surface area contributed by atoms with Gasteiger partial charge in [-0.1, -0.05) is 90.5 Å². The molecule has 0 fully saturated rings. The van der Waals surface area contributed by atoms with Gasteiger partial charge in [0.15, 0.2) is 0 Å². The SMILES string of the molecule is Cc1cccc(C)c1C.Cc1ccccc1.c1ccccc1. The van der Waals surface area contributed by atoms with E-state index in [4.69, 9.17) is 0 Å². The zero-order chi connectivity index (χ0) is 16.2. The van der Waals surface area contributed by atoms with E-state index in [0.29, 0.717) is 0 Å². The molecule has 0 spiro atoms. The average Bonchev–Trinajstić information content (AvgIpc) is 2.56. The van der Waals surface area contributed by atoms with Crippen molar-refractivity contribution in [3.8, 4) is 0 Å². The number of hydrogen-bond acceptors (Lipinski definition) is 0. The van der Waals surface area contributed by atoms with Crippen LogP contribution in [-0.2, 0) is 0 Å². The molecule has 114 valence electrons. The molecule has 0 aliphatic heterocycles. The summed E-state index contributed by atoms with van der Waals surface area (Å²) in [5.74, 6) is 0. The number of benzene rings is 3. The summed E-state index contributed by atoms with van der Waals surface area (Å²) < 4.78 is 0. The van der Waals surface area contributed by atoms with E-state index >= 15 is 0 Å². The minimum absolute atomic E-state index is 1.32. The van der Waals surface area contributed by atoms with Crippen LogP contribution in [0.15, 0.2) is 84.9 Å². The molecule has 0 heteroatoms. The summed E-state index contributed by atoms with van der Waals surface area (Å²) in [5.41, 5.74) is 5.50. The molecule has 3 rings (SSSR count). The smallest absolute Gasteiger partial charge is 0.0392 e. The minimum atomic E-state index is 1.32. The summed E-state index contributed by atoms with van der Waals surface area (Å²) in [4.78, 5) is 0. The van der Waals surface area contributed by atoms with Gasteiger partial charge in [-0.25, -0.2) is 0 Å². The Morgan fingerprint density at radius 2 is 0.773 bits per heavy atom. The van der Waals surface area contributed by atoms with Crippen LogP contribution in [0.25, 0.3) is 0 Å². The van der Waals surface area contributed by atoms with E-state index in [1.54, 1.807) is 0 Å². The van der Waals surface area contributed by atoms with E-state index in [0.717, 1.165) is 0 Å². The molecule has 0 radical (unpaired) electrons. The van der Waals surface area contributed by atoms with Crippen LogP contribution in [0, 0.1) is 27.7 Å². The molecule has 0 nitrogen and oxygen atoms in total. The van der Waals surface area contributed by atoms with Crippen LogP contribution in [0.5, 0.6) is 0 Å². The Balaban J connectivity index is 0.000000169. The Hall–Kier alpha value is -2.34. The maximum Gasteiger partial charge on any atom is -0.0392 e. The standard InChI is InChI=1S/C9H12.C7H8.C6H6/c1-7-5-4-6-8(2)9(7)3;1-7-5-3-2-4-6-7;1-2-4-6-5-3-1/h4-6H,1-3H3;2-6H,1H3;1-6H. The molecule has 0 aliphatic carbocycles. The van der Waals surface area contributed by atoms with E-state index in [2.05, 4.69) is 58.0 Å². The van der Waals surface area contributed by atoms with Gasteiger partial charge in [-0.3, -0.25) is 0 Å².